The van der Waals surface area contributed by atoms with Crippen LogP contribution < -0.4 is 4.90 Å². The van der Waals surface area contributed by atoms with Crippen LogP contribution in [0.2, 0.25) is 0 Å². The molecule has 0 unspecified atom stereocenters. The second-order valence-electron chi connectivity index (χ2n) is 8.16. The van der Waals surface area contributed by atoms with Gasteiger partial charge in [-0.25, -0.2) is 4.79 Å². The number of unbranched alkanes of at least 4 members (excludes halogenated alkanes) is 1. The molecule has 4 rings (SSSR count). The van der Waals surface area contributed by atoms with Crippen LogP contribution in [0.15, 0.2) is 93.3 Å². The summed E-state index contributed by atoms with van der Waals surface area (Å²) in [5.41, 5.74) is 4.68. The first kappa shape index (κ1) is 23.3. The summed E-state index contributed by atoms with van der Waals surface area (Å²) in [6.45, 7) is 4.75. The molecular weight excluding hydrogens is 426 g/mol. The van der Waals surface area contributed by atoms with E-state index in [0.717, 1.165) is 37.3 Å². The van der Waals surface area contributed by atoms with Gasteiger partial charge >= 0.3 is 5.97 Å². The third-order valence-corrected chi connectivity index (χ3v) is 5.57. The number of carbonyl (C=O) groups is 1. The van der Waals surface area contributed by atoms with Gasteiger partial charge in [0.05, 0.1) is 34.9 Å². The van der Waals surface area contributed by atoms with Gasteiger partial charge in [-0.1, -0.05) is 13.3 Å². The van der Waals surface area contributed by atoms with Gasteiger partial charge in [0.1, 0.15) is 0 Å². The zero-order valence-electron chi connectivity index (χ0n) is 19.4. The number of rotatable bonds is 9. The Bertz CT molecular complexity index is 1120. The number of azo groups is 2. The molecule has 174 valence electrons. The summed E-state index contributed by atoms with van der Waals surface area (Å²) in [5, 5.41) is 17.1. The minimum absolute atomic E-state index is 0.316. The lowest BCUT2D eigenvalue weighted by Crippen LogP contribution is -2.17. The fourth-order valence-corrected chi connectivity index (χ4v) is 3.58. The van der Waals surface area contributed by atoms with Gasteiger partial charge in [-0.05, 0) is 92.1 Å². The maximum absolute atomic E-state index is 12.0. The van der Waals surface area contributed by atoms with E-state index < -0.39 is 0 Å². The highest BCUT2D eigenvalue weighted by Gasteiger charge is 2.11. The summed E-state index contributed by atoms with van der Waals surface area (Å²) in [4.78, 5) is 14.4. The fraction of sp³-hybridized carbons (Fsp3) is 0.296. The van der Waals surface area contributed by atoms with Crippen molar-refractivity contribution >= 4 is 34.4 Å². The Morgan fingerprint density at radius 1 is 0.735 bits per heavy atom. The topological polar surface area (TPSA) is 79.0 Å². The largest absolute Gasteiger partial charge is 0.462 e. The SMILES string of the molecule is CCCCOC(=O)c1ccc(N=Nc2ccc(N=Nc3ccc(N4CCCC4)cc3)cc2)cc1. The Morgan fingerprint density at radius 3 is 1.65 bits per heavy atom. The lowest BCUT2D eigenvalue weighted by atomic mass is 10.2. The van der Waals surface area contributed by atoms with E-state index in [2.05, 4.69) is 44.4 Å². The van der Waals surface area contributed by atoms with Crippen LogP contribution in [0.3, 0.4) is 0 Å². The van der Waals surface area contributed by atoms with Crippen molar-refractivity contribution in [1.82, 2.24) is 0 Å². The van der Waals surface area contributed by atoms with E-state index in [0.29, 0.717) is 23.5 Å². The van der Waals surface area contributed by atoms with Crippen LogP contribution in [-0.2, 0) is 4.74 Å². The van der Waals surface area contributed by atoms with Crippen molar-refractivity contribution in [3.63, 3.8) is 0 Å². The van der Waals surface area contributed by atoms with Crippen LogP contribution >= 0.6 is 0 Å². The summed E-state index contributed by atoms with van der Waals surface area (Å²) in [5.74, 6) is -0.316. The summed E-state index contributed by atoms with van der Waals surface area (Å²) in [7, 11) is 0. The lowest BCUT2D eigenvalue weighted by Gasteiger charge is -2.17. The van der Waals surface area contributed by atoms with Gasteiger partial charge in [-0.15, -0.1) is 0 Å². The van der Waals surface area contributed by atoms with Crippen LogP contribution in [0.4, 0.5) is 28.4 Å². The fourth-order valence-electron chi connectivity index (χ4n) is 3.58. The van der Waals surface area contributed by atoms with Crippen molar-refractivity contribution in [1.29, 1.82) is 0 Å². The molecule has 0 atom stereocenters. The van der Waals surface area contributed by atoms with Gasteiger partial charge < -0.3 is 9.64 Å². The monoisotopic (exact) mass is 455 g/mol. The van der Waals surface area contributed by atoms with Crippen molar-refractivity contribution in [2.75, 3.05) is 24.6 Å². The van der Waals surface area contributed by atoms with Crippen molar-refractivity contribution in [2.45, 2.75) is 32.6 Å². The van der Waals surface area contributed by atoms with Gasteiger partial charge in [0.15, 0.2) is 0 Å². The summed E-state index contributed by atoms with van der Waals surface area (Å²) in [6.07, 6.45) is 4.38. The van der Waals surface area contributed by atoms with E-state index in [9.17, 15) is 4.79 Å². The van der Waals surface area contributed by atoms with Gasteiger partial charge in [-0.3, -0.25) is 0 Å². The van der Waals surface area contributed by atoms with Crippen molar-refractivity contribution in [3.05, 3.63) is 78.4 Å². The molecular formula is C27H29N5O2. The number of esters is 1. The van der Waals surface area contributed by atoms with Crippen LogP contribution in [0, 0.1) is 0 Å². The maximum atomic E-state index is 12.0. The molecule has 0 amide bonds. The highest BCUT2D eigenvalue weighted by atomic mass is 16.5. The van der Waals surface area contributed by atoms with Gasteiger partial charge in [-0.2, -0.15) is 20.5 Å². The smallest absolute Gasteiger partial charge is 0.338 e. The number of anilines is 1. The number of carbonyl (C=O) groups excluding carboxylic acids is 1. The first-order chi connectivity index (χ1) is 16.7. The van der Waals surface area contributed by atoms with Crippen LogP contribution in [-0.4, -0.2) is 25.7 Å². The van der Waals surface area contributed by atoms with E-state index in [1.165, 1.54) is 18.5 Å². The third kappa shape index (κ3) is 6.57. The zero-order chi connectivity index (χ0) is 23.6. The molecule has 34 heavy (non-hydrogen) atoms. The Labute approximate surface area is 200 Å². The average molecular weight is 456 g/mol. The molecule has 3 aromatic rings. The molecule has 0 bridgehead atoms. The summed E-state index contributed by atoms with van der Waals surface area (Å²) >= 11 is 0. The van der Waals surface area contributed by atoms with Crippen molar-refractivity contribution in [3.8, 4) is 0 Å². The standard InChI is InChI=1S/C27H29N5O2/c1-2-3-20-34-27(33)21-6-8-22(9-7-21)28-29-23-10-12-24(13-11-23)30-31-25-14-16-26(17-15-25)32-18-4-5-19-32/h6-17H,2-5,18-20H2,1H3. The van der Waals surface area contributed by atoms with Crippen LogP contribution in [0.25, 0.3) is 0 Å². The first-order valence-electron chi connectivity index (χ1n) is 11.8. The van der Waals surface area contributed by atoms with E-state index in [-0.39, 0.29) is 5.97 Å². The molecule has 3 aromatic carbocycles. The second kappa shape index (κ2) is 11.8. The number of nitrogens with zero attached hydrogens (tertiary/aromatic N) is 5. The second-order valence-corrected chi connectivity index (χ2v) is 8.16. The van der Waals surface area contributed by atoms with E-state index in [1.807, 2.05) is 36.4 Å². The normalized spacial score (nSPS) is 13.7. The minimum Gasteiger partial charge on any atom is -0.462 e. The highest BCUT2D eigenvalue weighted by molar-refractivity contribution is 5.89. The molecule has 1 fully saturated rings. The molecule has 7 heteroatoms. The Morgan fingerprint density at radius 2 is 1.18 bits per heavy atom. The lowest BCUT2D eigenvalue weighted by molar-refractivity contribution is 0.0500. The molecule has 0 aromatic heterocycles. The first-order valence-corrected chi connectivity index (χ1v) is 11.8. The molecule has 1 aliphatic heterocycles. The molecule has 0 radical (unpaired) electrons. The Hall–Kier alpha value is -3.87. The molecule has 0 saturated carbocycles. The number of benzene rings is 3. The molecule has 7 nitrogen and oxygen atoms in total. The van der Waals surface area contributed by atoms with Gasteiger partial charge in [0.25, 0.3) is 0 Å². The molecule has 0 aliphatic carbocycles. The Balaban J connectivity index is 1.30. The molecule has 0 N–H and O–H groups in total. The van der Waals surface area contributed by atoms with Gasteiger partial charge in [0.2, 0.25) is 0 Å². The highest BCUT2D eigenvalue weighted by Crippen LogP contribution is 2.26. The molecule has 1 heterocycles. The zero-order valence-corrected chi connectivity index (χ0v) is 19.4. The van der Waals surface area contributed by atoms with Crippen molar-refractivity contribution in [2.24, 2.45) is 20.5 Å². The predicted molar refractivity (Wildman–Crippen MR) is 134 cm³/mol. The summed E-state index contributed by atoms with van der Waals surface area (Å²) in [6, 6.07) is 22.5. The van der Waals surface area contributed by atoms with Gasteiger partial charge in [0, 0.05) is 18.8 Å². The van der Waals surface area contributed by atoms with E-state index in [1.54, 1.807) is 24.3 Å². The third-order valence-electron chi connectivity index (χ3n) is 5.57. The average Bonchev–Trinajstić information content (AvgIpc) is 3.43. The van der Waals surface area contributed by atoms with E-state index >= 15 is 0 Å². The number of ether oxygens (including phenoxy) is 1. The van der Waals surface area contributed by atoms with Crippen LogP contribution in [0.1, 0.15) is 43.0 Å². The maximum Gasteiger partial charge on any atom is 0.338 e. The van der Waals surface area contributed by atoms with Crippen LogP contribution in [0.5, 0.6) is 0 Å². The van der Waals surface area contributed by atoms with Crippen molar-refractivity contribution < 1.29 is 9.53 Å². The number of hydrogen-bond donors (Lipinski definition) is 0. The Kier molecular flexibility index (Phi) is 8.11. The molecule has 0 spiro atoms. The quantitative estimate of drug-likeness (QED) is 0.186. The molecule has 1 aliphatic rings. The summed E-state index contributed by atoms with van der Waals surface area (Å²) < 4.78 is 5.21. The van der Waals surface area contributed by atoms with E-state index in [4.69, 9.17) is 4.74 Å². The number of hydrogen-bond acceptors (Lipinski definition) is 7. The molecule has 1 saturated heterocycles. The minimum atomic E-state index is -0.316. The predicted octanol–water partition coefficient (Wildman–Crippen LogP) is 8.07.